The lowest BCUT2D eigenvalue weighted by molar-refractivity contribution is 0.329. The minimum Gasteiger partial charge on any atom is -0.493 e. The molecule has 0 amide bonds. The van der Waals surface area contributed by atoms with Crippen LogP contribution in [0.3, 0.4) is 0 Å². The first-order valence-electron chi connectivity index (χ1n) is 5.30. The number of nitrogens with two attached hydrogens (primary N) is 1. The fraction of sp³-hybridized carbons (Fsp3) is 0.154. The van der Waals surface area contributed by atoms with Crippen LogP contribution < -0.4 is 10.5 Å². The third-order valence-electron chi connectivity index (χ3n) is 2.41. The van der Waals surface area contributed by atoms with Crippen molar-refractivity contribution in [1.29, 1.82) is 5.41 Å². The Labute approximate surface area is 108 Å². The van der Waals surface area contributed by atoms with Crippen LogP contribution in [0.1, 0.15) is 6.42 Å². The number of hydrogen-bond acceptors (Lipinski definition) is 2. The van der Waals surface area contributed by atoms with Crippen molar-refractivity contribution in [2.75, 3.05) is 6.61 Å². The zero-order valence-electron chi connectivity index (χ0n) is 9.24. The molecule has 0 aromatic heterocycles. The minimum absolute atomic E-state index is 0.148. The molecule has 0 bridgehead atoms. The van der Waals surface area contributed by atoms with Gasteiger partial charge in [-0.1, -0.05) is 28.1 Å². The van der Waals surface area contributed by atoms with Crippen molar-refractivity contribution in [1.82, 2.24) is 0 Å². The summed E-state index contributed by atoms with van der Waals surface area (Å²) in [5.74, 6) is 0.954. The molecule has 0 saturated heterocycles. The van der Waals surface area contributed by atoms with Crippen LogP contribution in [0.4, 0.5) is 0 Å². The van der Waals surface area contributed by atoms with Crippen molar-refractivity contribution in [3.8, 4) is 5.75 Å². The lowest BCUT2D eigenvalue weighted by atomic mass is 10.1. The first-order valence-corrected chi connectivity index (χ1v) is 6.09. The summed E-state index contributed by atoms with van der Waals surface area (Å²) in [7, 11) is 0. The molecule has 0 aliphatic heterocycles. The fourth-order valence-electron chi connectivity index (χ4n) is 1.56. The molecule has 0 aliphatic rings. The Morgan fingerprint density at radius 3 is 2.65 bits per heavy atom. The third-order valence-corrected chi connectivity index (χ3v) is 2.91. The van der Waals surface area contributed by atoms with E-state index in [4.69, 9.17) is 15.9 Å². The Balaban J connectivity index is 2.14. The van der Waals surface area contributed by atoms with Gasteiger partial charge in [-0.2, -0.15) is 0 Å². The monoisotopic (exact) mass is 292 g/mol. The summed E-state index contributed by atoms with van der Waals surface area (Å²) in [4.78, 5) is 0. The predicted molar refractivity (Wildman–Crippen MR) is 73.7 cm³/mol. The van der Waals surface area contributed by atoms with E-state index in [2.05, 4.69) is 22.0 Å². The first-order chi connectivity index (χ1) is 8.15. The summed E-state index contributed by atoms with van der Waals surface area (Å²) < 4.78 is 6.59. The molecule has 88 valence electrons. The van der Waals surface area contributed by atoms with Crippen molar-refractivity contribution in [3.05, 3.63) is 40.9 Å². The van der Waals surface area contributed by atoms with Gasteiger partial charge in [0.15, 0.2) is 0 Å². The number of hydrogen-bond donors (Lipinski definition) is 2. The van der Waals surface area contributed by atoms with Gasteiger partial charge in [-0.15, -0.1) is 0 Å². The quantitative estimate of drug-likeness (QED) is 0.671. The van der Waals surface area contributed by atoms with Gasteiger partial charge in [-0.25, -0.2) is 0 Å². The minimum atomic E-state index is 0.148. The molecule has 0 atom stereocenters. The molecule has 2 aromatic carbocycles. The van der Waals surface area contributed by atoms with E-state index < -0.39 is 0 Å². The Bertz CT molecular complexity index is 554. The van der Waals surface area contributed by atoms with Crippen LogP contribution in [0.15, 0.2) is 40.9 Å². The van der Waals surface area contributed by atoms with Crippen LogP contribution >= 0.6 is 15.9 Å². The number of benzene rings is 2. The van der Waals surface area contributed by atoms with Gasteiger partial charge in [0.25, 0.3) is 0 Å². The van der Waals surface area contributed by atoms with Crippen LogP contribution in [-0.4, -0.2) is 12.4 Å². The summed E-state index contributed by atoms with van der Waals surface area (Å²) in [5, 5.41) is 9.41. The number of amidine groups is 1. The Morgan fingerprint density at radius 2 is 1.88 bits per heavy atom. The molecule has 17 heavy (non-hydrogen) atoms. The van der Waals surface area contributed by atoms with Crippen LogP contribution in [-0.2, 0) is 0 Å². The topological polar surface area (TPSA) is 59.1 Å². The van der Waals surface area contributed by atoms with Gasteiger partial charge in [0.05, 0.1) is 12.4 Å². The lowest BCUT2D eigenvalue weighted by Gasteiger charge is -2.07. The van der Waals surface area contributed by atoms with Crippen molar-refractivity contribution < 1.29 is 4.74 Å². The summed E-state index contributed by atoms with van der Waals surface area (Å²) >= 11 is 3.44. The van der Waals surface area contributed by atoms with Crippen molar-refractivity contribution in [2.24, 2.45) is 5.73 Å². The summed E-state index contributed by atoms with van der Waals surface area (Å²) in [6.07, 6.45) is 0.457. The van der Waals surface area contributed by atoms with E-state index in [0.717, 1.165) is 15.6 Å². The van der Waals surface area contributed by atoms with E-state index in [-0.39, 0.29) is 5.84 Å². The predicted octanol–water partition coefficient (Wildman–Crippen LogP) is 3.31. The number of ether oxygens (including phenoxy) is 1. The molecule has 0 fully saturated rings. The zero-order valence-corrected chi connectivity index (χ0v) is 10.8. The highest BCUT2D eigenvalue weighted by Crippen LogP contribution is 2.24. The molecule has 0 spiro atoms. The van der Waals surface area contributed by atoms with E-state index >= 15 is 0 Å². The summed E-state index contributed by atoms with van der Waals surface area (Å²) in [6.45, 7) is 0.442. The van der Waals surface area contributed by atoms with Gasteiger partial charge in [0, 0.05) is 10.9 Å². The number of nitrogens with one attached hydrogen (secondary N) is 1. The van der Waals surface area contributed by atoms with Gasteiger partial charge in [-0.05, 0) is 35.0 Å². The highest BCUT2D eigenvalue weighted by Gasteiger charge is 1.99. The van der Waals surface area contributed by atoms with Crippen LogP contribution in [0, 0.1) is 5.41 Å². The molecule has 0 saturated carbocycles. The number of rotatable bonds is 4. The number of fused-ring (bicyclic) bond motifs is 1. The SMILES string of the molecule is N=C(N)CCOc1ccc2cc(Br)ccc2c1. The molecule has 4 heteroatoms. The molecule has 2 aromatic rings. The van der Waals surface area contributed by atoms with E-state index in [1.807, 2.05) is 30.3 Å². The van der Waals surface area contributed by atoms with Gasteiger partial charge < -0.3 is 10.5 Å². The Hall–Kier alpha value is -1.55. The van der Waals surface area contributed by atoms with E-state index in [1.54, 1.807) is 0 Å². The smallest absolute Gasteiger partial charge is 0.119 e. The third kappa shape index (κ3) is 3.20. The van der Waals surface area contributed by atoms with Crippen molar-refractivity contribution in [3.63, 3.8) is 0 Å². The van der Waals surface area contributed by atoms with Crippen LogP contribution in [0.25, 0.3) is 10.8 Å². The normalized spacial score (nSPS) is 10.4. The van der Waals surface area contributed by atoms with E-state index in [0.29, 0.717) is 13.0 Å². The maximum absolute atomic E-state index is 7.11. The number of halogens is 1. The summed E-state index contributed by atoms with van der Waals surface area (Å²) in [5.41, 5.74) is 5.26. The maximum Gasteiger partial charge on any atom is 0.119 e. The molecule has 0 aliphatic carbocycles. The molecular formula is C13H13BrN2O. The zero-order chi connectivity index (χ0) is 12.3. The second-order valence-electron chi connectivity index (χ2n) is 3.78. The lowest BCUT2D eigenvalue weighted by Crippen LogP contribution is -2.13. The second kappa shape index (κ2) is 5.19. The molecule has 0 heterocycles. The highest BCUT2D eigenvalue weighted by atomic mass is 79.9. The largest absolute Gasteiger partial charge is 0.493 e. The molecular weight excluding hydrogens is 280 g/mol. The maximum atomic E-state index is 7.11. The van der Waals surface area contributed by atoms with Gasteiger partial charge in [0.2, 0.25) is 0 Å². The van der Waals surface area contributed by atoms with Crippen LogP contribution in [0.5, 0.6) is 5.75 Å². The average Bonchev–Trinajstić information content (AvgIpc) is 2.29. The molecule has 2 rings (SSSR count). The average molecular weight is 293 g/mol. The highest BCUT2D eigenvalue weighted by molar-refractivity contribution is 9.10. The fourth-order valence-corrected chi connectivity index (χ4v) is 1.94. The van der Waals surface area contributed by atoms with Crippen LogP contribution in [0.2, 0.25) is 0 Å². The second-order valence-corrected chi connectivity index (χ2v) is 4.69. The summed E-state index contributed by atoms with van der Waals surface area (Å²) in [6, 6.07) is 12.0. The van der Waals surface area contributed by atoms with Crippen molar-refractivity contribution in [2.45, 2.75) is 6.42 Å². The Morgan fingerprint density at radius 1 is 1.18 bits per heavy atom. The van der Waals surface area contributed by atoms with Crippen molar-refractivity contribution >= 4 is 32.5 Å². The standard InChI is InChI=1S/C13H13BrN2O/c14-11-3-1-10-8-12(4-2-9(10)7-11)17-6-5-13(15)16/h1-4,7-8H,5-6H2,(H3,15,16). The molecule has 0 unspecified atom stereocenters. The van der Waals surface area contributed by atoms with E-state index in [1.165, 1.54) is 5.39 Å². The van der Waals surface area contributed by atoms with Gasteiger partial charge in [0.1, 0.15) is 5.75 Å². The van der Waals surface area contributed by atoms with Gasteiger partial charge in [-0.3, -0.25) is 5.41 Å². The molecule has 0 radical (unpaired) electrons. The molecule has 3 N–H and O–H groups in total. The molecule has 3 nitrogen and oxygen atoms in total. The first kappa shape index (κ1) is 11.9. The Kier molecular flexibility index (Phi) is 3.64. The van der Waals surface area contributed by atoms with E-state index in [9.17, 15) is 0 Å². The van der Waals surface area contributed by atoms with Gasteiger partial charge >= 0.3 is 0 Å².